The van der Waals surface area contributed by atoms with Crippen molar-refractivity contribution in [2.75, 3.05) is 5.73 Å². The second kappa shape index (κ2) is 4.73. The Kier molecular flexibility index (Phi) is 3.01. The SMILES string of the molecule is Nc1nc2ccccc2cc1-c1ccc(C(F)(F)F)nc1. The van der Waals surface area contributed by atoms with E-state index < -0.39 is 11.9 Å². The third kappa shape index (κ3) is 2.52. The first-order valence-electron chi connectivity index (χ1n) is 6.14. The Hall–Kier alpha value is -2.63. The fourth-order valence-corrected chi connectivity index (χ4v) is 2.08. The van der Waals surface area contributed by atoms with Gasteiger partial charge in [0.1, 0.15) is 11.5 Å². The predicted molar refractivity (Wildman–Crippen MR) is 74.4 cm³/mol. The molecule has 6 heteroatoms. The molecule has 0 unspecified atom stereocenters. The van der Waals surface area contributed by atoms with Gasteiger partial charge in [-0.25, -0.2) is 4.98 Å². The highest BCUT2D eigenvalue weighted by atomic mass is 19.4. The van der Waals surface area contributed by atoms with Crippen LogP contribution in [0.15, 0.2) is 48.7 Å². The van der Waals surface area contributed by atoms with Crippen molar-refractivity contribution in [3.05, 3.63) is 54.4 Å². The number of benzene rings is 1. The number of rotatable bonds is 1. The highest BCUT2D eigenvalue weighted by Gasteiger charge is 2.32. The monoisotopic (exact) mass is 289 g/mol. The lowest BCUT2D eigenvalue weighted by Gasteiger charge is -2.09. The number of halogens is 3. The van der Waals surface area contributed by atoms with Crippen LogP contribution in [0.1, 0.15) is 5.69 Å². The average Bonchev–Trinajstić information content (AvgIpc) is 2.46. The minimum atomic E-state index is -4.45. The van der Waals surface area contributed by atoms with E-state index in [4.69, 9.17) is 5.73 Å². The van der Waals surface area contributed by atoms with Gasteiger partial charge in [-0.05, 0) is 18.2 Å². The molecular weight excluding hydrogens is 279 g/mol. The molecule has 0 radical (unpaired) electrons. The molecule has 1 aromatic carbocycles. The van der Waals surface area contributed by atoms with Gasteiger partial charge in [-0.15, -0.1) is 0 Å². The van der Waals surface area contributed by atoms with E-state index in [-0.39, 0.29) is 5.82 Å². The number of alkyl halides is 3. The van der Waals surface area contributed by atoms with Crippen LogP contribution in [0.3, 0.4) is 0 Å². The first-order valence-corrected chi connectivity index (χ1v) is 6.14. The number of hydrogen-bond acceptors (Lipinski definition) is 3. The zero-order chi connectivity index (χ0) is 15.0. The summed E-state index contributed by atoms with van der Waals surface area (Å²) in [5.74, 6) is 0.259. The number of anilines is 1. The maximum absolute atomic E-state index is 12.5. The van der Waals surface area contributed by atoms with Crippen LogP contribution in [0.25, 0.3) is 22.0 Å². The molecular formula is C15H10F3N3. The van der Waals surface area contributed by atoms with Crippen LogP contribution >= 0.6 is 0 Å². The van der Waals surface area contributed by atoms with E-state index >= 15 is 0 Å². The molecule has 21 heavy (non-hydrogen) atoms. The summed E-state index contributed by atoms with van der Waals surface area (Å²) >= 11 is 0. The van der Waals surface area contributed by atoms with E-state index in [0.717, 1.165) is 23.2 Å². The first kappa shape index (κ1) is 13.4. The van der Waals surface area contributed by atoms with Crippen LogP contribution in [0.5, 0.6) is 0 Å². The smallest absolute Gasteiger partial charge is 0.383 e. The summed E-state index contributed by atoms with van der Waals surface area (Å²) in [6.07, 6.45) is -3.29. The summed E-state index contributed by atoms with van der Waals surface area (Å²) in [6, 6.07) is 11.5. The predicted octanol–water partition coefficient (Wildman–Crippen LogP) is 3.90. The van der Waals surface area contributed by atoms with Crippen molar-refractivity contribution < 1.29 is 13.2 Å². The Labute approximate surface area is 118 Å². The second-order valence-electron chi connectivity index (χ2n) is 4.54. The molecule has 0 aliphatic heterocycles. The number of nitrogens with two attached hydrogens (primary N) is 1. The molecule has 0 amide bonds. The topological polar surface area (TPSA) is 51.8 Å². The summed E-state index contributed by atoms with van der Waals surface area (Å²) in [5, 5.41) is 0.863. The Morgan fingerprint density at radius 2 is 1.76 bits per heavy atom. The average molecular weight is 289 g/mol. The van der Waals surface area contributed by atoms with Crippen molar-refractivity contribution in [1.82, 2.24) is 9.97 Å². The molecule has 0 spiro atoms. The van der Waals surface area contributed by atoms with Crippen molar-refractivity contribution in [2.45, 2.75) is 6.18 Å². The van der Waals surface area contributed by atoms with E-state index in [1.54, 1.807) is 6.07 Å². The Balaban J connectivity index is 2.09. The van der Waals surface area contributed by atoms with Gasteiger partial charge in [-0.3, -0.25) is 4.98 Å². The van der Waals surface area contributed by atoms with E-state index in [9.17, 15) is 13.2 Å². The molecule has 0 saturated carbocycles. The molecule has 106 valence electrons. The second-order valence-corrected chi connectivity index (χ2v) is 4.54. The number of nitrogens with zero attached hydrogens (tertiary/aromatic N) is 2. The summed E-state index contributed by atoms with van der Waals surface area (Å²) in [6.45, 7) is 0. The van der Waals surface area contributed by atoms with Crippen LogP contribution in [-0.4, -0.2) is 9.97 Å². The van der Waals surface area contributed by atoms with Gasteiger partial charge in [-0.2, -0.15) is 13.2 Å². The lowest BCUT2D eigenvalue weighted by atomic mass is 10.1. The minimum Gasteiger partial charge on any atom is -0.383 e. The van der Waals surface area contributed by atoms with Crippen LogP contribution in [-0.2, 0) is 6.18 Å². The Morgan fingerprint density at radius 1 is 1.00 bits per heavy atom. The van der Waals surface area contributed by atoms with Gasteiger partial charge < -0.3 is 5.73 Å². The normalized spacial score (nSPS) is 11.8. The number of hydrogen-bond donors (Lipinski definition) is 1. The third-order valence-corrected chi connectivity index (χ3v) is 3.12. The van der Waals surface area contributed by atoms with E-state index in [1.165, 1.54) is 6.07 Å². The molecule has 2 aromatic heterocycles. The molecule has 0 atom stereocenters. The molecule has 3 aromatic rings. The largest absolute Gasteiger partial charge is 0.433 e. The van der Waals surface area contributed by atoms with E-state index in [1.807, 2.05) is 24.3 Å². The maximum Gasteiger partial charge on any atom is 0.433 e. The standard InChI is InChI=1S/C15H10F3N3/c16-15(17,18)13-6-5-10(8-20-13)11-7-9-3-1-2-4-12(9)21-14(11)19/h1-8H,(H2,19,21). The highest BCUT2D eigenvalue weighted by molar-refractivity contribution is 5.88. The number of aromatic nitrogens is 2. The fraction of sp³-hybridized carbons (Fsp3) is 0.0667. The van der Waals surface area contributed by atoms with Gasteiger partial charge >= 0.3 is 6.18 Å². The summed E-state index contributed by atoms with van der Waals surface area (Å²) in [5.41, 5.74) is 6.75. The van der Waals surface area contributed by atoms with Gasteiger partial charge in [0.2, 0.25) is 0 Å². The van der Waals surface area contributed by atoms with Gasteiger partial charge in [0.15, 0.2) is 0 Å². The van der Waals surface area contributed by atoms with E-state index in [0.29, 0.717) is 11.1 Å². The van der Waals surface area contributed by atoms with Gasteiger partial charge in [-0.1, -0.05) is 24.3 Å². The zero-order valence-corrected chi connectivity index (χ0v) is 10.7. The number of fused-ring (bicyclic) bond motifs is 1. The lowest BCUT2D eigenvalue weighted by molar-refractivity contribution is -0.141. The zero-order valence-electron chi connectivity index (χ0n) is 10.7. The van der Waals surface area contributed by atoms with Crippen LogP contribution in [0.2, 0.25) is 0 Å². The molecule has 0 aliphatic carbocycles. The molecule has 3 nitrogen and oxygen atoms in total. The summed E-state index contributed by atoms with van der Waals surface area (Å²) in [7, 11) is 0. The molecule has 0 fully saturated rings. The molecule has 2 heterocycles. The van der Waals surface area contributed by atoms with Crippen LogP contribution < -0.4 is 5.73 Å². The van der Waals surface area contributed by atoms with Crippen molar-refractivity contribution in [2.24, 2.45) is 0 Å². The Morgan fingerprint density at radius 3 is 2.43 bits per heavy atom. The van der Waals surface area contributed by atoms with Crippen LogP contribution in [0.4, 0.5) is 19.0 Å². The minimum absolute atomic E-state index is 0.259. The molecule has 2 N–H and O–H groups in total. The lowest BCUT2D eigenvalue weighted by Crippen LogP contribution is -2.07. The quantitative estimate of drug-likeness (QED) is 0.739. The van der Waals surface area contributed by atoms with Crippen molar-refractivity contribution >= 4 is 16.7 Å². The van der Waals surface area contributed by atoms with Crippen LogP contribution in [0, 0.1) is 0 Å². The summed E-state index contributed by atoms with van der Waals surface area (Å²) in [4.78, 5) is 7.69. The maximum atomic E-state index is 12.5. The number of para-hydroxylation sites is 1. The molecule has 3 rings (SSSR count). The highest BCUT2D eigenvalue weighted by Crippen LogP contribution is 2.31. The van der Waals surface area contributed by atoms with Crippen molar-refractivity contribution in [3.8, 4) is 11.1 Å². The van der Waals surface area contributed by atoms with Gasteiger partial charge in [0.25, 0.3) is 0 Å². The van der Waals surface area contributed by atoms with Crippen molar-refractivity contribution in [1.29, 1.82) is 0 Å². The van der Waals surface area contributed by atoms with Crippen molar-refractivity contribution in [3.63, 3.8) is 0 Å². The van der Waals surface area contributed by atoms with Gasteiger partial charge in [0, 0.05) is 22.7 Å². The first-order chi connectivity index (χ1) is 9.95. The summed E-state index contributed by atoms with van der Waals surface area (Å²) < 4.78 is 37.5. The molecule has 0 saturated heterocycles. The fourth-order valence-electron chi connectivity index (χ4n) is 2.08. The third-order valence-electron chi connectivity index (χ3n) is 3.12. The number of nitrogen functional groups attached to an aromatic ring is 1. The van der Waals surface area contributed by atoms with Gasteiger partial charge in [0.05, 0.1) is 5.52 Å². The molecule has 0 bridgehead atoms. The number of pyridine rings is 2. The molecule has 0 aliphatic rings. The van der Waals surface area contributed by atoms with E-state index in [2.05, 4.69) is 9.97 Å². The Bertz CT molecular complexity index is 795.